The number of ether oxygens (including phenoxy) is 1. The maximum atomic E-state index is 6.70. The number of para-hydroxylation sites is 2. The van der Waals surface area contributed by atoms with Gasteiger partial charge in [0.25, 0.3) is 0 Å². The molecule has 0 radical (unpaired) electrons. The van der Waals surface area contributed by atoms with E-state index in [2.05, 4.69) is 216 Å². The number of rotatable bonds is 7. The van der Waals surface area contributed by atoms with E-state index in [4.69, 9.17) is 9.72 Å². The first kappa shape index (κ1) is 39.7. The van der Waals surface area contributed by atoms with Crippen molar-refractivity contribution in [1.82, 2.24) is 14.1 Å². The molecule has 3 heterocycles. The van der Waals surface area contributed by atoms with Gasteiger partial charge in [0, 0.05) is 6.20 Å². The number of pyridine rings is 1. The minimum absolute atomic E-state index is 0.00450. The summed E-state index contributed by atoms with van der Waals surface area (Å²) >= 11 is 2.51. The van der Waals surface area contributed by atoms with Crippen molar-refractivity contribution in [3.05, 3.63) is 177 Å². The van der Waals surface area contributed by atoms with E-state index in [0.29, 0.717) is 11.5 Å². The zero-order valence-corrected chi connectivity index (χ0v) is 37.9. The van der Waals surface area contributed by atoms with Crippen molar-refractivity contribution >= 4 is 22.5 Å². The van der Waals surface area contributed by atoms with Crippen LogP contribution in [0.2, 0.25) is 0 Å². The second-order valence-corrected chi connectivity index (χ2v) is 18.6. The van der Waals surface area contributed by atoms with Gasteiger partial charge in [0.05, 0.1) is 0 Å². The van der Waals surface area contributed by atoms with E-state index in [-0.39, 0.29) is 11.0 Å². The Morgan fingerprint density at radius 3 is 1.90 bits per heavy atom. The summed E-state index contributed by atoms with van der Waals surface area (Å²) in [6.45, 7) is 18.1. The first-order valence-corrected chi connectivity index (χ1v) is 21.9. The van der Waals surface area contributed by atoms with Gasteiger partial charge in [-0.05, 0) is 17.0 Å². The van der Waals surface area contributed by atoms with Crippen LogP contribution in [-0.2, 0) is 31.2 Å². The van der Waals surface area contributed by atoms with Crippen LogP contribution in [0, 0.1) is 36.7 Å². The van der Waals surface area contributed by atoms with Crippen LogP contribution in [-0.4, -0.2) is 19.7 Å². The van der Waals surface area contributed by atoms with Gasteiger partial charge in [-0.15, -0.1) is 0 Å². The molecule has 0 aliphatic carbocycles. The average molecular weight is 966 g/mol. The van der Waals surface area contributed by atoms with E-state index in [1.165, 1.54) is 55.8 Å². The molecule has 0 N–H and O–H groups in total. The molecule has 304 valence electrons. The topological polar surface area (TPSA) is 35.2 Å². The van der Waals surface area contributed by atoms with Gasteiger partial charge in [-0.2, -0.15) is 0 Å². The quantitative estimate of drug-likeness (QED) is 0.149. The van der Waals surface area contributed by atoms with Crippen molar-refractivity contribution < 1.29 is 24.1 Å². The molecule has 0 saturated carbocycles. The molecule has 2 aromatic heterocycles. The predicted molar refractivity (Wildman–Crippen MR) is 243 cm³/mol. The van der Waals surface area contributed by atoms with Crippen molar-refractivity contribution in [3.8, 4) is 45.1 Å². The summed E-state index contributed by atoms with van der Waals surface area (Å²) in [5.41, 5.74) is 16.3. The van der Waals surface area contributed by atoms with Gasteiger partial charge in [-0.1, -0.05) is 20.8 Å². The number of imidazole rings is 1. The Kier molecular flexibility index (Phi) is 10.2. The van der Waals surface area contributed by atoms with Crippen LogP contribution >= 0.6 is 0 Å². The van der Waals surface area contributed by atoms with E-state index in [9.17, 15) is 0 Å². The molecule has 6 heteroatoms. The molecule has 9 rings (SSSR count). The number of benzene rings is 6. The SMILES string of the molecule is Cc1c(C)c(-c2ccccc2)c(-n2[c](=[Pt])n(-c3[c-]c(Oc4[c-]c5c(cc4)CCC(C)(C)N5c4cc(C(C)(C)C)ccn4)ccc3)c3ccccc32)c(-c2ccccc2)c1C. The fraction of sp³-hybridized carbons (Fsp3) is 0.222. The van der Waals surface area contributed by atoms with Gasteiger partial charge in [0.15, 0.2) is 0 Å². The van der Waals surface area contributed by atoms with E-state index < -0.39 is 0 Å². The number of anilines is 2. The second-order valence-electron chi connectivity index (χ2n) is 17.6. The Morgan fingerprint density at radius 2 is 1.27 bits per heavy atom. The summed E-state index contributed by atoms with van der Waals surface area (Å²) in [6, 6.07) is 52.4. The van der Waals surface area contributed by atoms with Crippen molar-refractivity contribution in [3.63, 3.8) is 0 Å². The molecule has 0 spiro atoms. The Balaban J connectivity index is 1.18. The van der Waals surface area contributed by atoms with Crippen molar-refractivity contribution in [2.24, 2.45) is 0 Å². The number of aromatic nitrogens is 3. The van der Waals surface area contributed by atoms with E-state index >= 15 is 0 Å². The zero-order valence-electron chi connectivity index (χ0n) is 35.6. The third-order valence-electron chi connectivity index (χ3n) is 12.3. The first-order valence-electron chi connectivity index (χ1n) is 20.8. The van der Waals surface area contributed by atoms with Crippen molar-refractivity contribution in [2.75, 3.05) is 4.90 Å². The van der Waals surface area contributed by atoms with Crippen molar-refractivity contribution in [1.29, 1.82) is 0 Å². The number of hydrogen-bond donors (Lipinski definition) is 0. The van der Waals surface area contributed by atoms with Gasteiger partial charge >= 0.3 is 323 Å². The predicted octanol–water partition coefficient (Wildman–Crippen LogP) is 13.7. The first-order chi connectivity index (χ1) is 28.8. The fourth-order valence-electron chi connectivity index (χ4n) is 8.82. The molecule has 0 fully saturated rings. The van der Waals surface area contributed by atoms with Crippen LogP contribution < -0.4 is 9.64 Å². The summed E-state index contributed by atoms with van der Waals surface area (Å²) < 4.78 is 12.5. The third-order valence-corrected chi connectivity index (χ3v) is 13.3. The van der Waals surface area contributed by atoms with Gasteiger partial charge in [0.1, 0.15) is 0 Å². The Bertz CT molecular complexity index is 2900. The molecule has 1 aliphatic rings. The van der Waals surface area contributed by atoms with Gasteiger partial charge in [0.2, 0.25) is 0 Å². The Labute approximate surface area is 365 Å². The van der Waals surface area contributed by atoms with E-state index in [1.807, 2.05) is 18.3 Å². The molecule has 0 bridgehead atoms. The average Bonchev–Trinajstić information content (AvgIpc) is 3.54. The molecule has 0 atom stereocenters. The fourth-order valence-corrected chi connectivity index (χ4v) is 9.89. The molecule has 0 unspecified atom stereocenters. The van der Waals surface area contributed by atoms with Crippen LogP contribution in [0.3, 0.4) is 0 Å². The monoisotopic (exact) mass is 965 g/mol. The normalized spacial score (nSPS) is 13.7. The summed E-state index contributed by atoms with van der Waals surface area (Å²) in [5, 5.41) is 0. The molecule has 60 heavy (non-hydrogen) atoms. The molecule has 6 aromatic carbocycles. The third kappa shape index (κ3) is 6.97. The zero-order chi connectivity index (χ0) is 41.9. The van der Waals surface area contributed by atoms with Crippen LogP contribution in [0.5, 0.6) is 11.5 Å². The Morgan fingerprint density at radius 1 is 0.667 bits per heavy atom. The maximum absolute atomic E-state index is 6.70. The van der Waals surface area contributed by atoms with E-state index in [0.717, 1.165) is 44.9 Å². The number of nitrogens with zero attached hydrogens (tertiary/aromatic N) is 4. The molecule has 1 aliphatic heterocycles. The summed E-state index contributed by atoms with van der Waals surface area (Å²) in [4.78, 5) is 7.25. The molecule has 5 nitrogen and oxygen atoms in total. The summed E-state index contributed by atoms with van der Waals surface area (Å²) in [6.07, 6.45) is 3.91. The minimum atomic E-state index is -0.158. The number of aryl methyl sites for hydroxylation is 1. The summed E-state index contributed by atoms with van der Waals surface area (Å²) in [5.74, 6) is 2.20. The standard InChI is InChI=1S/C54H50N4O.Pt/c1-36-37(2)50(40-18-11-9-12-19-40)52(51(38(36)3)41-20-13-10-14-21-41)57-35-56(46-24-15-16-25-47(46)57)43-22-17-23-44(33-43)59-45-27-26-39-28-30-54(7,8)58(48(39)34-45)49-32-42(29-31-55-49)53(4,5)6;/h9-27,29,31-32H,28,30H2,1-8H3;/q-2;. The molecule has 0 saturated heterocycles. The van der Waals surface area contributed by atoms with Gasteiger partial charge in [-0.25, -0.2) is 0 Å². The second kappa shape index (κ2) is 15.4. The van der Waals surface area contributed by atoms with E-state index in [1.54, 1.807) is 0 Å². The summed E-state index contributed by atoms with van der Waals surface area (Å²) in [7, 11) is 0. The van der Waals surface area contributed by atoms with Crippen LogP contribution in [0.25, 0.3) is 44.7 Å². The van der Waals surface area contributed by atoms with Crippen LogP contribution in [0.15, 0.2) is 134 Å². The molecular formula is C54H50N4OPt-2. The number of fused-ring (bicyclic) bond motifs is 2. The molecule has 8 aromatic rings. The molecular weight excluding hydrogens is 916 g/mol. The van der Waals surface area contributed by atoms with Crippen LogP contribution in [0.4, 0.5) is 11.5 Å². The van der Waals surface area contributed by atoms with Crippen LogP contribution in [0.1, 0.15) is 68.9 Å². The Hall–Kier alpha value is -5.77. The number of hydrogen-bond acceptors (Lipinski definition) is 3. The van der Waals surface area contributed by atoms with Crippen molar-refractivity contribution in [2.45, 2.75) is 79.2 Å². The van der Waals surface area contributed by atoms with Gasteiger partial charge < -0.3 is 0 Å². The van der Waals surface area contributed by atoms with Gasteiger partial charge in [-0.3, -0.25) is 0 Å². The molecule has 0 amide bonds.